The molecule has 4 nitrogen and oxygen atoms in total. The lowest BCUT2D eigenvalue weighted by molar-refractivity contribution is -0.131. The van der Waals surface area contributed by atoms with Crippen LogP contribution < -0.4 is 9.47 Å². The van der Waals surface area contributed by atoms with Gasteiger partial charge in [0.15, 0.2) is 11.5 Å². The second kappa shape index (κ2) is 4.88. The van der Waals surface area contributed by atoms with Crippen LogP contribution >= 0.6 is 0 Å². The van der Waals surface area contributed by atoms with Gasteiger partial charge in [0.05, 0.1) is 20.3 Å². The van der Waals surface area contributed by atoms with Crippen LogP contribution in [-0.2, 0) is 11.2 Å². The van der Waals surface area contributed by atoms with Gasteiger partial charge in [-0.3, -0.25) is 4.79 Å². The van der Waals surface area contributed by atoms with Crippen molar-refractivity contribution in [2.45, 2.75) is 26.3 Å². The summed E-state index contributed by atoms with van der Waals surface area (Å²) in [5.74, 6) is 1.58. The number of carbonyl (C=O) groups excluding carboxylic acids is 1. The largest absolute Gasteiger partial charge is 0.493 e. The molecule has 2 rings (SSSR count). The van der Waals surface area contributed by atoms with E-state index in [2.05, 4.69) is 0 Å². The van der Waals surface area contributed by atoms with Crippen molar-refractivity contribution in [3.8, 4) is 11.5 Å². The van der Waals surface area contributed by atoms with Gasteiger partial charge in [-0.25, -0.2) is 0 Å². The van der Waals surface area contributed by atoms with Crippen molar-refractivity contribution < 1.29 is 14.3 Å². The molecule has 0 bridgehead atoms. The molecule has 0 aliphatic carbocycles. The third kappa shape index (κ3) is 2.03. The molecular weight excluding hydrogens is 230 g/mol. The maximum Gasteiger partial charge on any atom is 0.219 e. The Labute approximate surface area is 107 Å². The Morgan fingerprint density at radius 1 is 1.28 bits per heavy atom. The van der Waals surface area contributed by atoms with Crippen molar-refractivity contribution in [2.75, 3.05) is 20.8 Å². The van der Waals surface area contributed by atoms with E-state index in [0.717, 1.165) is 24.3 Å². The number of methoxy groups -OCH3 is 2. The van der Waals surface area contributed by atoms with Crippen LogP contribution in [0.1, 0.15) is 31.0 Å². The first-order valence-corrected chi connectivity index (χ1v) is 6.10. The molecule has 98 valence electrons. The summed E-state index contributed by atoms with van der Waals surface area (Å²) in [7, 11) is 3.26. The van der Waals surface area contributed by atoms with E-state index in [1.807, 2.05) is 24.0 Å². The Morgan fingerprint density at radius 3 is 2.44 bits per heavy atom. The Hall–Kier alpha value is -1.71. The van der Waals surface area contributed by atoms with E-state index >= 15 is 0 Å². The highest BCUT2D eigenvalue weighted by Gasteiger charge is 2.27. The number of amides is 1. The van der Waals surface area contributed by atoms with Crippen molar-refractivity contribution in [3.05, 3.63) is 23.3 Å². The molecule has 18 heavy (non-hydrogen) atoms. The van der Waals surface area contributed by atoms with Gasteiger partial charge in [0.2, 0.25) is 5.91 Å². The van der Waals surface area contributed by atoms with Crippen molar-refractivity contribution >= 4 is 5.91 Å². The van der Waals surface area contributed by atoms with E-state index in [0.29, 0.717) is 5.75 Å². The van der Waals surface area contributed by atoms with Gasteiger partial charge in [-0.2, -0.15) is 0 Å². The Kier molecular flexibility index (Phi) is 3.45. The van der Waals surface area contributed by atoms with E-state index in [1.54, 1.807) is 21.1 Å². The van der Waals surface area contributed by atoms with Crippen molar-refractivity contribution in [1.82, 2.24) is 4.90 Å². The fourth-order valence-corrected chi connectivity index (χ4v) is 2.57. The molecule has 1 aliphatic rings. The lowest BCUT2D eigenvalue weighted by atomic mass is 9.93. The van der Waals surface area contributed by atoms with E-state index in [9.17, 15) is 4.79 Å². The quantitative estimate of drug-likeness (QED) is 0.806. The fourth-order valence-electron chi connectivity index (χ4n) is 2.57. The molecule has 0 aromatic heterocycles. The topological polar surface area (TPSA) is 38.8 Å². The lowest BCUT2D eigenvalue weighted by Crippen LogP contribution is -2.37. The predicted octanol–water partition coefficient (Wildman–Crippen LogP) is 2.17. The monoisotopic (exact) mass is 249 g/mol. The van der Waals surface area contributed by atoms with Crippen LogP contribution in [0.2, 0.25) is 0 Å². The minimum absolute atomic E-state index is 0.0889. The Morgan fingerprint density at radius 2 is 1.89 bits per heavy atom. The molecule has 0 unspecified atom stereocenters. The van der Waals surface area contributed by atoms with E-state index in [4.69, 9.17) is 9.47 Å². The first-order chi connectivity index (χ1) is 8.58. The summed E-state index contributed by atoms with van der Waals surface area (Å²) in [6.07, 6.45) is 0.861. The van der Waals surface area contributed by atoms with E-state index in [-0.39, 0.29) is 11.9 Å². The third-order valence-electron chi connectivity index (χ3n) is 3.59. The van der Waals surface area contributed by atoms with Gasteiger partial charge < -0.3 is 14.4 Å². The summed E-state index contributed by atoms with van der Waals surface area (Å²) in [6, 6.07) is 4.09. The highest BCUT2D eigenvalue weighted by Crippen LogP contribution is 2.37. The normalized spacial score (nSPS) is 18.2. The van der Waals surface area contributed by atoms with Crippen molar-refractivity contribution in [3.63, 3.8) is 0 Å². The Balaban J connectivity index is 2.45. The number of rotatable bonds is 2. The number of fused-ring (bicyclic) bond motifs is 1. The highest BCUT2D eigenvalue weighted by molar-refractivity contribution is 5.74. The molecule has 0 saturated heterocycles. The molecule has 0 radical (unpaired) electrons. The summed E-state index contributed by atoms with van der Waals surface area (Å²) < 4.78 is 10.6. The second-order valence-electron chi connectivity index (χ2n) is 4.54. The smallest absolute Gasteiger partial charge is 0.219 e. The summed E-state index contributed by atoms with van der Waals surface area (Å²) in [5.41, 5.74) is 2.38. The van der Waals surface area contributed by atoms with Crippen LogP contribution in [0.25, 0.3) is 0 Å². The summed E-state index contributed by atoms with van der Waals surface area (Å²) in [4.78, 5) is 13.4. The number of hydrogen-bond donors (Lipinski definition) is 0. The summed E-state index contributed by atoms with van der Waals surface area (Å²) in [6.45, 7) is 4.42. The van der Waals surface area contributed by atoms with E-state index in [1.165, 1.54) is 5.56 Å². The zero-order chi connectivity index (χ0) is 13.3. The average molecular weight is 249 g/mol. The third-order valence-corrected chi connectivity index (χ3v) is 3.59. The summed E-state index contributed by atoms with van der Waals surface area (Å²) in [5, 5.41) is 0. The van der Waals surface area contributed by atoms with Crippen molar-refractivity contribution in [1.29, 1.82) is 0 Å². The van der Waals surface area contributed by atoms with Gasteiger partial charge in [-0.1, -0.05) is 0 Å². The molecule has 0 fully saturated rings. The maximum absolute atomic E-state index is 11.6. The van der Waals surface area contributed by atoms with Crippen LogP contribution in [-0.4, -0.2) is 31.6 Å². The number of nitrogens with zero attached hydrogens (tertiary/aromatic N) is 1. The molecule has 1 aromatic carbocycles. The highest BCUT2D eigenvalue weighted by atomic mass is 16.5. The van der Waals surface area contributed by atoms with E-state index < -0.39 is 0 Å². The number of benzene rings is 1. The standard InChI is InChI=1S/C14H19NO3/c1-9-12-8-14(18-4)13(17-3)7-11(12)5-6-15(9)10(2)16/h7-9H,5-6H2,1-4H3/t9-/m0/s1. The zero-order valence-electron chi connectivity index (χ0n) is 11.3. The molecule has 1 atom stereocenters. The Bertz CT molecular complexity index is 470. The molecule has 1 heterocycles. The number of ether oxygens (including phenoxy) is 2. The molecule has 1 aliphatic heterocycles. The molecule has 0 spiro atoms. The van der Waals surface area contributed by atoms with Gasteiger partial charge in [-0.05, 0) is 36.6 Å². The first-order valence-electron chi connectivity index (χ1n) is 6.10. The van der Waals surface area contributed by atoms with Crippen LogP contribution in [0, 0.1) is 0 Å². The van der Waals surface area contributed by atoms with Crippen LogP contribution in [0.3, 0.4) is 0 Å². The molecule has 1 amide bonds. The fraction of sp³-hybridized carbons (Fsp3) is 0.500. The maximum atomic E-state index is 11.6. The number of carbonyl (C=O) groups is 1. The van der Waals surface area contributed by atoms with Crippen LogP contribution in [0.15, 0.2) is 12.1 Å². The van der Waals surface area contributed by atoms with Gasteiger partial charge in [-0.15, -0.1) is 0 Å². The molecule has 4 heteroatoms. The summed E-state index contributed by atoms with van der Waals surface area (Å²) >= 11 is 0. The van der Waals surface area contributed by atoms with Gasteiger partial charge in [0.1, 0.15) is 0 Å². The lowest BCUT2D eigenvalue weighted by Gasteiger charge is -2.35. The van der Waals surface area contributed by atoms with Gasteiger partial charge >= 0.3 is 0 Å². The average Bonchev–Trinajstić information content (AvgIpc) is 2.37. The van der Waals surface area contributed by atoms with Gasteiger partial charge in [0, 0.05) is 13.5 Å². The predicted molar refractivity (Wildman–Crippen MR) is 69.1 cm³/mol. The molecule has 1 aromatic rings. The minimum Gasteiger partial charge on any atom is -0.493 e. The number of hydrogen-bond acceptors (Lipinski definition) is 3. The molecule has 0 N–H and O–H groups in total. The minimum atomic E-state index is 0.0889. The van der Waals surface area contributed by atoms with Gasteiger partial charge in [0.25, 0.3) is 0 Å². The molecule has 0 saturated carbocycles. The first kappa shape index (κ1) is 12.7. The SMILES string of the molecule is COc1cc2c(cc1OC)[C@H](C)N(C(C)=O)CC2. The molecular formula is C14H19NO3. The van der Waals surface area contributed by atoms with Crippen LogP contribution in [0.5, 0.6) is 11.5 Å². The van der Waals surface area contributed by atoms with Crippen molar-refractivity contribution in [2.24, 2.45) is 0 Å². The zero-order valence-corrected chi connectivity index (χ0v) is 11.3. The second-order valence-corrected chi connectivity index (χ2v) is 4.54. The van der Waals surface area contributed by atoms with Crippen LogP contribution in [0.4, 0.5) is 0 Å².